The number of anilines is 1. The van der Waals surface area contributed by atoms with Crippen LogP contribution in [0.1, 0.15) is 22.8 Å². The Morgan fingerprint density at radius 2 is 2.15 bits per heavy atom. The number of nitrogens with zero attached hydrogens (tertiary/aromatic N) is 2. The van der Waals surface area contributed by atoms with Gasteiger partial charge >= 0.3 is 12.0 Å². The van der Waals surface area contributed by atoms with Crippen LogP contribution in [0.5, 0.6) is 0 Å². The predicted molar refractivity (Wildman–Crippen MR) is 74.6 cm³/mol. The van der Waals surface area contributed by atoms with Crippen molar-refractivity contribution in [1.82, 2.24) is 4.90 Å². The summed E-state index contributed by atoms with van der Waals surface area (Å²) in [5.41, 5.74) is 1.09. The lowest BCUT2D eigenvalue weighted by molar-refractivity contribution is 0.0696. The number of carbonyl (C=O) groups is 2. The summed E-state index contributed by atoms with van der Waals surface area (Å²) in [4.78, 5) is 24.4. The van der Waals surface area contributed by atoms with Gasteiger partial charge in [0.05, 0.1) is 17.6 Å². The quantitative estimate of drug-likeness (QED) is 0.881. The van der Waals surface area contributed by atoms with E-state index >= 15 is 0 Å². The normalized spacial score (nSPS) is 11.3. The zero-order valence-corrected chi connectivity index (χ0v) is 11.7. The molecule has 1 aromatic rings. The molecule has 0 fully saturated rings. The molecule has 0 aliphatic carbocycles. The standard InChI is InChI=1S/C14H17N3O3/c1-9(7-15)8-17(3)14(20)16-12-6-4-5-11(10(12)2)13(18)19/h4-6,9H,8H2,1-3H3,(H,16,20)(H,18,19). The number of rotatable bonds is 4. The number of hydrogen-bond donors (Lipinski definition) is 2. The Kier molecular flexibility index (Phi) is 5.09. The highest BCUT2D eigenvalue weighted by atomic mass is 16.4. The van der Waals surface area contributed by atoms with E-state index in [4.69, 9.17) is 10.4 Å². The molecule has 0 aromatic heterocycles. The lowest BCUT2D eigenvalue weighted by Gasteiger charge is -2.20. The van der Waals surface area contributed by atoms with E-state index in [1.54, 1.807) is 33.0 Å². The van der Waals surface area contributed by atoms with Crippen molar-refractivity contribution in [3.8, 4) is 6.07 Å². The van der Waals surface area contributed by atoms with Crippen LogP contribution < -0.4 is 5.32 Å². The largest absolute Gasteiger partial charge is 0.478 e. The Hall–Kier alpha value is -2.55. The van der Waals surface area contributed by atoms with Crippen LogP contribution in [0.25, 0.3) is 0 Å². The van der Waals surface area contributed by atoms with Crippen LogP contribution in [0.3, 0.4) is 0 Å². The molecule has 1 atom stereocenters. The van der Waals surface area contributed by atoms with Gasteiger partial charge in [-0.1, -0.05) is 6.07 Å². The molecular formula is C14H17N3O3. The van der Waals surface area contributed by atoms with E-state index in [0.717, 1.165) is 0 Å². The van der Waals surface area contributed by atoms with Crippen molar-refractivity contribution in [1.29, 1.82) is 5.26 Å². The third kappa shape index (κ3) is 3.72. The summed E-state index contributed by atoms with van der Waals surface area (Å²) in [6.07, 6.45) is 0. The van der Waals surface area contributed by atoms with E-state index in [1.165, 1.54) is 11.0 Å². The topological polar surface area (TPSA) is 93.4 Å². The Balaban J connectivity index is 2.84. The van der Waals surface area contributed by atoms with Gasteiger partial charge in [-0.2, -0.15) is 5.26 Å². The maximum atomic E-state index is 12.0. The highest BCUT2D eigenvalue weighted by Gasteiger charge is 2.15. The van der Waals surface area contributed by atoms with Gasteiger partial charge in [-0.3, -0.25) is 0 Å². The molecule has 0 bridgehead atoms. The molecule has 1 aromatic carbocycles. The number of benzene rings is 1. The number of nitriles is 1. The van der Waals surface area contributed by atoms with E-state index in [1.807, 2.05) is 0 Å². The van der Waals surface area contributed by atoms with Crippen LogP contribution in [-0.4, -0.2) is 35.6 Å². The van der Waals surface area contributed by atoms with Gasteiger partial charge in [-0.15, -0.1) is 0 Å². The van der Waals surface area contributed by atoms with Crippen LogP contribution in [-0.2, 0) is 0 Å². The third-order valence-electron chi connectivity index (χ3n) is 2.92. The second-order valence-corrected chi connectivity index (χ2v) is 4.62. The summed E-state index contributed by atoms with van der Waals surface area (Å²) < 4.78 is 0. The Morgan fingerprint density at radius 3 is 2.70 bits per heavy atom. The van der Waals surface area contributed by atoms with Gasteiger partial charge in [0.1, 0.15) is 0 Å². The fourth-order valence-corrected chi connectivity index (χ4v) is 1.75. The first kappa shape index (κ1) is 15.5. The molecular weight excluding hydrogens is 258 g/mol. The molecule has 2 N–H and O–H groups in total. The van der Waals surface area contributed by atoms with Crippen LogP contribution in [0.2, 0.25) is 0 Å². The van der Waals surface area contributed by atoms with E-state index in [0.29, 0.717) is 17.8 Å². The van der Waals surface area contributed by atoms with Crippen molar-refractivity contribution >= 4 is 17.7 Å². The maximum absolute atomic E-state index is 12.0. The molecule has 6 heteroatoms. The fraction of sp³-hybridized carbons (Fsp3) is 0.357. The van der Waals surface area contributed by atoms with E-state index in [-0.39, 0.29) is 17.5 Å². The molecule has 0 spiro atoms. The van der Waals surface area contributed by atoms with Crippen molar-refractivity contribution < 1.29 is 14.7 Å². The van der Waals surface area contributed by atoms with E-state index < -0.39 is 5.97 Å². The molecule has 1 rings (SSSR count). The lowest BCUT2D eigenvalue weighted by atomic mass is 10.1. The van der Waals surface area contributed by atoms with Gasteiger partial charge in [0.2, 0.25) is 0 Å². The summed E-state index contributed by atoms with van der Waals surface area (Å²) >= 11 is 0. The Morgan fingerprint density at radius 1 is 1.50 bits per heavy atom. The SMILES string of the molecule is Cc1c(NC(=O)N(C)CC(C)C#N)cccc1C(=O)O. The highest BCUT2D eigenvalue weighted by Crippen LogP contribution is 2.19. The number of nitrogens with one attached hydrogen (secondary N) is 1. The zero-order chi connectivity index (χ0) is 15.3. The summed E-state index contributed by atoms with van der Waals surface area (Å²) in [5, 5.41) is 20.4. The van der Waals surface area contributed by atoms with Crippen LogP contribution in [0.15, 0.2) is 18.2 Å². The first-order valence-electron chi connectivity index (χ1n) is 6.11. The number of aromatic carboxylic acids is 1. The number of hydrogen-bond acceptors (Lipinski definition) is 3. The molecule has 106 valence electrons. The van der Waals surface area contributed by atoms with Gasteiger partial charge in [0.15, 0.2) is 0 Å². The number of carboxylic acids is 1. The van der Waals surface area contributed by atoms with Gasteiger partial charge < -0.3 is 15.3 Å². The lowest BCUT2D eigenvalue weighted by Crippen LogP contribution is -2.34. The molecule has 0 aliphatic heterocycles. The minimum absolute atomic E-state index is 0.149. The summed E-state index contributed by atoms with van der Waals surface area (Å²) in [6, 6.07) is 6.37. The number of carboxylic acid groups (broad SMARTS) is 1. The molecule has 1 unspecified atom stereocenters. The van der Waals surface area contributed by atoms with Crippen molar-refractivity contribution in [3.63, 3.8) is 0 Å². The van der Waals surface area contributed by atoms with Crippen LogP contribution in [0.4, 0.5) is 10.5 Å². The van der Waals surface area contributed by atoms with Crippen LogP contribution >= 0.6 is 0 Å². The first-order chi connectivity index (χ1) is 9.36. The molecule has 0 saturated carbocycles. The number of urea groups is 1. The molecule has 0 saturated heterocycles. The van der Waals surface area contributed by atoms with Crippen molar-refractivity contribution in [2.24, 2.45) is 5.92 Å². The average molecular weight is 275 g/mol. The molecule has 2 amide bonds. The first-order valence-corrected chi connectivity index (χ1v) is 6.11. The zero-order valence-electron chi connectivity index (χ0n) is 11.7. The monoisotopic (exact) mass is 275 g/mol. The molecule has 6 nitrogen and oxygen atoms in total. The van der Waals surface area contributed by atoms with Gasteiger partial charge in [0, 0.05) is 19.3 Å². The van der Waals surface area contributed by atoms with Crippen molar-refractivity contribution in [2.75, 3.05) is 18.9 Å². The fourth-order valence-electron chi connectivity index (χ4n) is 1.75. The third-order valence-corrected chi connectivity index (χ3v) is 2.92. The minimum Gasteiger partial charge on any atom is -0.478 e. The molecule has 20 heavy (non-hydrogen) atoms. The van der Waals surface area contributed by atoms with Gasteiger partial charge in [-0.25, -0.2) is 9.59 Å². The minimum atomic E-state index is -1.04. The summed E-state index contributed by atoms with van der Waals surface area (Å²) in [7, 11) is 1.58. The average Bonchev–Trinajstić information content (AvgIpc) is 2.40. The van der Waals surface area contributed by atoms with Gasteiger partial charge in [-0.05, 0) is 31.5 Å². The summed E-state index contributed by atoms with van der Waals surface area (Å²) in [6.45, 7) is 3.66. The Labute approximate surface area is 117 Å². The molecule has 0 radical (unpaired) electrons. The Bertz CT molecular complexity index is 563. The molecule has 0 heterocycles. The van der Waals surface area contributed by atoms with Crippen LogP contribution in [0, 0.1) is 24.2 Å². The van der Waals surface area contributed by atoms with Gasteiger partial charge in [0.25, 0.3) is 0 Å². The maximum Gasteiger partial charge on any atom is 0.336 e. The number of carbonyl (C=O) groups excluding carboxylic acids is 1. The smallest absolute Gasteiger partial charge is 0.336 e. The van der Waals surface area contributed by atoms with Crippen molar-refractivity contribution in [2.45, 2.75) is 13.8 Å². The molecule has 0 aliphatic rings. The number of amides is 2. The van der Waals surface area contributed by atoms with E-state index in [9.17, 15) is 9.59 Å². The highest BCUT2D eigenvalue weighted by molar-refractivity contribution is 5.95. The second-order valence-electron chi connectivity index (χ2n) is 4.62. The summed E-state index contributed by atoms with van der Waals surface area (Å²) in [5.74, 6) is -1.30. The van der Waals surface area contributed by atoms with E-state index in [2.05, 4.69) is 11.4 Å². The predicted octanol–water partition coefficient (Wildman–Crippen LogP) is 2.32. The second kappa shape index (κ2) is 6.57. The van der Waals surface area contributed by atoms with Crippen molar-refractivity contribution in [3.05, 3.63) is 29.3 Å².